The summed E-state index contributed by atoms with van der Waals surface area (Å²) in [5.74, 6) is 0. The summed E-state index contributed by atoms with van der Waals surface area (Å²) in [5.41, 5.74) is 4.34. The topological polar surface area (TPSA) is 59.0 Å². The molecule has 5 nitrogen and oxygen atoms in total. The van der Waals surface area contributed by atoms with Crippen molar-refractivity contribution in [2.24, 2.45) is 0 Å². The highest BCUT2D eigenvalue weighted by atomic mass is 35.5. The fraction of sp³-hybridized carbons (Fsp3) is 0.0435. The number of anilines is 1. The van der Waals surface area contributed by atoms with Crippen LogP contribution >= 0.6 is 11.6 Å². The predicted octanol–water partition coefficient (Wildman–Crippen LogP) is 5.51. The summed E-state index contributed by atoms with van der Waals surface area (Å²) in [4.78, 5) is 12.3. The zero-order valence-corrected chi connectivity index (χ0v) is 16.3. The molecule has 4 rings (SSSR count). The van der Waals surface area contributed by atoms with Crippen LogP contribution in [0.5, 0.6) is 0 Å². The monoisotopic (exact) mass is 402 g/mol. The first-order valence-electron chi connectivity index (χ1n) is 9.19. The zero-order valence-electron chi connectivity index (χ0n) is 15.5. The fourth-order valence-electron chi connectivity index (χ4n) is 3.01. The summed E-state index contributed by atoms with van der Waals surface area (Å²) >= 11 is 5.97. The quantitative estimate of drug-likeness (QED) is 0.462. The van der Waals surface area contributed by atoms with Crippen molar-refractivity contribution in [2.75, 3.05) is 5.32 Å². The van der Waals surface area contributed by atoms with Gasteiger partial charge in [0.1, 0.15) is 0 Å². The van der Waals surface area contributed by atoms with Gasteiger partial charge in [0, 0.05) is 34.6 Å². The molecule has 0 unspecified atom stereocenters. The number of hydrogen-bond acceptors (Lipinski definition) is 2. The second kappa shape index (κ2) is 8.63. The van der Waals surface area contributed by atoms with Gasteiger partial charge in [-0.2, -0.15) is 5.10 Å². The molecule has 144 valence electrons. The van der Waals surface area contributed by atoms with Crippen molar-refractivity contribution in [1.29, 1.82) is 0 Å². The molecule has 0 saturated carbocycles. The van der Waals surface area contributed by atoms with Crippen molar-refractivity contribution in [3.8, 4) is 16.9 Å². The second-order valence-corrected chi connectivity index (χ2v) is 6.90. The molecule has 2 N–H and O–H groups in total. The normalized spacial score (nSPS) is 10.5. The highest BCUT2D eigenvalue weighted by molar-refractivity contribution is 6.30. The molecule has 3 aromatic carbocycles. The van der Waals surface area contributed by atoms with E-state index in [0.717, 1.165) is 22.5 Å². The van der Waals surface area contributed by atoms with Crippen LogP contribution in [0, 0.1) is 0 Å². The number of amides is 2. The van der Waals surface area contributed by atoms with Crippen LogP contribution in [-0.4, -0.2) is 15.8 Å². The van der Waals surface area contributed by atoms with E-state index in [4.69, 9.17) is 16.7 Å². The van der Waals surface area contributed by atoms with Crippen molar-refractivity contribution in [3.63, 3.8) is 0 Å². The van der Waals surface area contributed by atoms with Gasteiger partial charge in [-0.1, -0.05) is 66.2 Å². The first-order chi connectivity index (χ1) is 14.2. The third-order valence-corrected chi connectivity index (χ3v) is 4.61. The van der Waals surface area contributed by atoms with E-state index in [-0.39, 0.29) is 6.03 Å². The zero-order chi connectivity index (χ0) is 20.1. The van der Waals surface area contributed by atoms with Gasteiger partial charge in [0.25, 0.3) is 0 Å². The Hall–Kier alpha value is -3.57. The molecule has 1 heterocycles. The maximum atomic E-state index is 12.3. The number of halogens is 1. The van der Waals surface area contributed by atoms with Crippen molar-refractivity contribution in [2.45, 2.75) is 6.54 Å². The number of nitrogens with zero attached hydrogens (tertiary/aromatic N) is 2. The average molecular weight is 403 g/mol. The number of urea groups is 1. The van der Waals surface area contributed by atoms with Gasteiger partial charge < -0.3 is 10.6 Å². The van der Waals surface area contributed by atoms with E-state index in [1.165, 1.54) is 0 Å². The van der Waals surface area contributed by atoms with Crippen LogP contribution in [0.4, 0.5) is 10.5 Å². The van der Waals surface area contributed by atoms with E-state index in [1.54, 1.807) is 24.3 Å². The van der Waals surface area contributed by atoms with Crippen LogP contribution in [0.25, 0.3) is 16.9 Å². The van der Waals surface area contributed by atoms with Crippen molar-refractivity contribution in [3.05, 3.63) is 102 Å². The lowest BCUT2D eigenvalue weighted by Gasteiger charge is -2.08. The maximum Gasteiger partial charge on any atom is 0.319 e. The van der Waals surface area contributed by atoms with Crippen LogP contribution in [0.3, 0.4) is 0 Å². The van der Waals surface area contributed by atoms with Gasteiger partial charge in [0.15, 0.2) is 0 Å². The number of hydrogen-bond donors (Lipinski definition) is 2. The Balaban J connectivity index is 1.55. The molecule has 1 aromatic heterocycles. The number of carbonyl (C=O) groups excluding carboxylic acids is 1. The summed E-state index contributed by atoms with van der Waals surface area (Å²) in [7, 11) is 0. The van der Waals surface area contributed by atoms with Gasteiger partial charge in [-0.25, -0.2) is 9.48 Å². The maximum absolute atomic E-state index is 12.3. The van der Waals surface area contributed by atoms with Gasteiger partial charge in [0.2, 0.25) is 0 Å². The van der Waals surface area contributed by atoms with Gasteiger partial charge in [-0.15, -0.1) is 0 Å². The number of para-hydroxylation sites is 1. The second-order valence-electron chi connectivity index (χ2n) is 6.47. The molecule has 0 spiro atoms. The number of rotatable bonds is 5. The smallest absolute Gasteiger partial charge is 0.319 e. The third kappa shape index (κ3) is 4.65. The summed E-state index contributed by atoms with van der Waals surface area (Å²) in [6, 6.07) is 26.5. The van der Waals surface area contributed by atoms with E-state index in [2.05, 4.69) is 10.6 Å². The molecule has 6 heteroatoms. The SMILES string of the molecule is O=C(NCc1cn(-c2ccccc2)nc1-c1ccccc1)Nc1cccc(Cl)c1. The van der Waals surface area contributed by atoms with Crippen molar-refractivity contribution in [1.82, 2.24) is 15.1 Å². The lowest BCUT2D eigenvalue weighted by Crippen LogP contribution is -2.28. The van der Waals surface area contributed by atoms with Crippen molar-refractivity contribution >= 4 is 23.3 Å². The van der Waals surface area contributed by atoms with E-state index < -0.39 is 0 Å². The standard InChI is InChI=1S/C23H19ClN4O/c24-19-10-7-11-20(14-19)26-23(29)25-15-18-16-28(21-12-5-2-6-13-21)27-22(18)17-8-3-1-4-9-17/h1-14,16H,15H2,(H2,25,26,29). The molecule has 0 bridgehead atoms. The Morgan fingerprint density at radius 2 is 1.66 bits per heavy atom. The largest absolute Gasteiger partial charge is 0.334 e. The molecule has 0 aliphatic rings. The molecule has 0 aliphatic heterocycles. The van der Waals surface area contributed by atoms with Gasteiger partial charge in [-0.05, 0) is 30.3 Å². The third-order valence-electron chi connectivity index (χ3n) is 4.38. The molecule has 0 fully saturated rings. The Morgan fingerprint density at radius 3 is 2.38 bits per heavy atom. The molecule has 0 atom stereocenters. The molecule has 0 radical (unpaired) electrons. The van der Waals surface area contributed by atoms with E-state index >= 15 is 0 Å². The Kier molecular flexibility index (Phi) is 5.59. The Labute approximate surface area is 174 Å². The summed E-state index contributed by atoms with van der Waals surface area (Å²) in [6.07, 6.45) is 1.94. The molecule has 2 amide bonds. The summed E-state index contributed by atoms with van der Waals surface area (Å²) in [6.45, 7) is 0.337. The number of carbonyl (C=O) groups is 1. The Bertz CT molecular complexity index is 1110. The Morgan fingerprint density at radius 1 is 0.931 bits per heavy atom. The molecule has 4 aromatic rings. The molecular formula is C23H19ClN4O. The van der Waals surface area contributed by atoms with Crippen molar-refractivity contribution < 1.29 is 4.79 Å². The van der Waals surface area contributed by atoms with Gasteiger partial charge in [0.05, 0.1) is 11.4 Å². The lowest BCUT2D eigenvalue weighted by atomic mass is 10.1. The average Bonchev–Trinajstić information content (AvgIpc) is 3.18. The summed E-state index contributed by atoms with van der Waals surface area (Å²) in [5, 5.41) is 11.0. The first kappa shape index (κ1) is 18.8. The fourth-order valence-corrected chi connectivity index (χ4v) is 3.20. The predicted molar refractivity (Wildman–Crippen MR) is 116 cm³/mol. The van der Waals surface area contributed by atoms with Gasteiger partial charge in [-0.3, -0.25) is 0 Å². The highest BCUT2D eigenvalue weighted by Crippen LogP contribution is 2.23. The van der Waals surface area contributed by atoms with Crippen LogP contribution in [0.15, 0.2) is 91.1 Å². The highest BCUT2D eigenvalue weighted by Gasteiger charge is 2.13. The minimum absolute atomic E-state index is 0.307. The van der Waals surface area contributed by atoms with Crippen LogP contribution in [0.1, 0.15) is 5.56 Å². The lowest BCUT2D eigenvalue weighted by molar-refractivity contribution is 0.252. The molecule has 0 aliphatic carbocycles. The van der Waals surface area contributed by atoms with E-state index in [0.29, 0.717) is 17.3 Å². The molecule has 29 heavy (non-hydrogen) atoms. The minimum Gasteiger partial charge on any atom is -0.334 e. The van der Waals surface area contributed by atoms with Crippen LogP contribution in [-0.2, 0) is 6.54 Å². The van der Waals surface area contributed by atoms with E-state index in [9.17, 15) is 4.79 Å². The molecular weight excluding hydrogens is 384 g/mol. The first-order valence-corrected chi connectivity index (χ1v) is 9.56. The number of aromatic nitrogens is 2. The number of nitrogens with one attached hydrogen (secondary N) is 2. The minimum atomic E-state index is -0.307. The summed E-state index contributed by atoms with van der Waals surface area (Å²) < 4.78 is 1.83. The van der Waals surface area contributed by atoms with Crippen LogP contribution in [0.2, 0.25) is 5.02 Å². The number of benzene rings is 3. The van der Waals surface area contributed by atoms with Gasteiger partial charge >= 0.3 is 6.03 Å². The molecule has 0 saturated heterocycles. The van der Waals surface area contributed by atoms with Crippen LogP contribution < -0.4 is 10.6 Å². The van der Waals surface area contributed by atoms with E-state index in [1.807, 2.05) is 71.5 Å².